The van der Waals surface area contributed by atoms with E-state index in [1.54, 1.807) is 0 Å². The fourth-order valence-electron chi connectivity index (χ4n) is 2.32. The van der Waals surface area contributed by atoms with Crippen molar-refractivity contribution in [2.24, 2.45) is 5.41 Å². The third kappa shape index (κ3) is 2.83. The molecule has 1 aromatic carbocycles. The van der Waals surface area contributed by atoms with Crippen molar-refractivity contribution >= 4 is 0 Å². The van der Waals surface area contributed by atoms with Crippen LogP contribution in [0.25, 0.3) is 0 Å². The van der Waals surface area contributed by atoms with Gasteiger partial charge in [0.1, 0.15) is 11.6 Å². The predicted molar refractivity (Wildman–Crippen MR) is 64.7 cm³/mol. The van der Waals surface area contributed by atoms with Crippen LogP contribution in [0.3, 0.4) is 0 Å². The molecule has 1 saturated carbocycles. The SMILES string of the molecule is CC(NCC1(C)CCC1)c1ccc(F)cc1F. The maximum absolute atomic E-state index is 13.5. The summed E-state index contributed by atoms with van der Waals surface area (Å²) >= 11 is 0. The summed E-state index contributed by atoms with van der Waals surface area (Å²) in [6, 6.07) is 3.69. The molecular weight excluding hydrogens is 220 g/mol. The lowest BCUT2D eigenvalue weighted by Gasteiger charge is -2.39. The van der Waals surface area contributed by atoms with Crippen LogP contribution in [0.1, 0.15) is 44.7 Å². The van der Waals surface area contributed by atoms with Gasteiger partial charge in [-0.15, -0.1) is 0 Å². The Labute approximate surface area is 101 Å². The van der Waals surface area contributed by atoms with Crippen molar-refractivity contribution in [2.75, 3.05) is 6.54 Å². The van der Waals surface area contributed by atoms with E-state index < -0.39 is 11.6 Å². The van der Waals surface area contributed by atoms with Gasteiger partial charge in [-0.2, -0.15) is 0 Å². The Morgan fingerprint density at radius 1 is 1.35 bits per heavy atom. The van der Waals surface area contributed by atoms with Gasteiger partial charge in [0.25, 0.3) is 0 Å². The summed E-state index contributed by atoms with van der Waals surface area (Å²) in [5.74, 6) is -0.992. The molecule has 94 valence electrons. The summed E-state index contributed by atoms with van der Waals surface area (Å²) in [7, 11) is 0. The highest BCUT2D eigenvalue weighted by atomic mass is 19.1. The molecule has 2 rings (SSSR count). The largest absolute Gasteiger partial charge is 0.310 e. The van der Waals surface area contributed by atoms with Gasteiger partial charge in [0.05, 0.1) is 0 Å². The molecule has 1 aliphatic rings. The molecule has 0 aliphatic heterocycles. The van der Waals surface area contributed by atoms with Crippen molar-refractivity contribution < 1.29 is 8.78 Å². The quantitative estimate of drug-likeness (QED) is 0.842. The van der Waals surface area contributed by atoms with Crippen LogP contribution < -0.4 is 5.32 Å². The maximum Gasteiger partial charge on any atom is 0.130 e. The van der Waals surface area contributed by atoms with Gasteiger partial charge in [-0.1, -0.05) is 19.4 Å². The van der Waals surface area contributed by atoms with Crippen LogP contribution in [0.2, 0.25) is 0 Å². The molecular formula is C14H19F2N. The maximum atomic E-state index is 13.5. The van der Waals surface area contributed by atoms with E-state index in [9.17, 15) is 8.78 Å². The lowest BCUT2D eigenvalue weighted by molar-refractivity contribution is 0.151. The molecule has 1 aromatic rings. The minimum Gasteiger partial charge on any atom is -0.310 e. The van der Waals surface area contributed by atoms with Crippen molar-refractivity contribution in [1.82, 2.24) is 5.32 Å². The summed E-state index contributed by atoms with van der Waals surface area (Å²) in [5.41, 5.74) is 0.902. The van der Waals surface area contributed by atoms with Gasteiger partial charge in [-0.3, -0.25) is 0 Å². The van der Waals surface area contributed by atoms with Gasteiger partial charge >= 0.3 is 0 Å². The first-order valence-electron chi connectivity index (χ1n) is 6.18. The molecule has 0 amide bonds. The number of rotatable bonds is 4. The molecule has 1 atom stereocenters. The molecule has 17 heavy (non-hydrogen) atoms. The standard InChI is InChI=1S/C14H19F2N/c1-10(17-9-14(2)6-3-7-14)12-5-4-11(15)8-13(12)16/h4-5,8,10,17H,3,6-7,9H2,1-2H3. The first kappa shape index (κ1) is 12.5. The van der Waals surface area contributed by atoms with E-state index in [4.69, 9.17) is 0 Å². The van der Waals surface area contributed by atoms with E-state index in [0.717, 1.165) is 12.6 Å². The van der Waals surface area contributed by atoms with Crippen LogP contribution in [0.4, 0.5) is 8.78 Å². The van der Waals surface area contributed by atoms with Crippen molar-refractivity contribution in [3.63, 3.8) is 0 Å². The summed E-state index contributed by atoms with van der Waals surface area (Å²) < 4.78 is 26.3. The van der Waals surface area contributed by atoms with Crippen molar-refractivity contribution in [1.29, 1.82) is 0 Å². The Bertz CT molecular complexity index is 399. The van der Waals surface area contributed by atoms with E-state index >= 15 is 0 Å². The van der Waals surface area contributed by atoms with Crippen molar-refractivity contribution in [2.45, 2.75) is 39.2 Å². The smallest absolute Gasteiger partial charge is 0.130 e. The van der Waals surface area contributed by atoms with E-state index in [1.807, 2.05) is 6.92 Å². The molecule has 1 fully saturated rings. The average molecular weight is 239 g/mol. The fourth-order valence-corrected chi connectivity index (χ4v) is 2.32. The van der Waals surface area contributed by atoms with Crippen LogP contribution in [-0.4, -0.2) is 6.54 Å². The monoisotopic (exact) mass is 239 g/mol. The van der Waals surface area contributed by atoms with E-state index in [-0.39, 0.29) is 6.04 Å². The normalized spacial score (nSPS) is 19.8. The zero-order valence-electron chi connectivity index (χ0n) is 10.4. The Balaban J connectivity index is 1.96. The second kappa shape index (κ2) is 4.73. The average Bonchev–Trinajstić information content (AvgIpc) is 2.23. The third-order valence-corrected chi connectivity index (χ3v) is 3.82. The van der Waals surface area contributed by atoms with Crippen LogP contribution in [-0.2, 0) is 0 Å². The van der Waals surface area contributed by atoms with E-state index in [1.165, 1.54) is 31.4 Å². The molecule has 1 N–H and O–H groups in total. The van der Waals surface area contributed by atoms with Crippen LogP contribution in [0.15, 0.2) is 18.2 Å². The zero-order valence-corrected chi connectivity index (χ0v) is 10.4. The summed E-state index contributed by atoms with van der Waals surface area (Å²) in [6.07, 6.45) is 3.76. The molecule has 0 bridgehead atoms. The Kier molecular flexibility index (Phi) is 3.48. The number of hydrogen-bond acceptors (Lipinski definition) is 1. The number of halogens is 2. The second-order valence-electron chi connectivity index (χ2n) is 5.43. The van der Waals surface area contributed by atoms with Gasteiger partial charge in [-0.25, -0.2) is 8.78 Å². The molecule has 0 heterocycles. The lowest BCUT2D eigenvalue weighted by Crippen LogP contribution is -2.38. The second-order valence-corrected chi connectivity index (χ2v) is 5.43. The lowest BCUT2D eigenvalue weighted by atomic mass is 9.70. The van der Waals surface area contributed by atoms with Gasteiger partial charge in [-0.05, 0) is 31.2 Å². The van der Waals surface area contributed by atoms with Crippen molar-refractivity contribution in [3.05, 3.63) is 35.4 Å². The first-order valence-corrected chi connectivity index (χ1v) is 6.18. The molecule has 0 radical (unpaired) electrons. The highest BCUT2D eigenvalue weighted by Crippen LogP contribution is 2.39. The Hall–Kier alpha value is -0.960. The summed E-state index contributed by atoms with van der Waals surface area (Å²) in [5, 5.41) is 3.34. The fraction of sp³-hybridized carbons (Fsp3) is 0.571. The van der Waals surface area contributed by atoms with Gasteiger partial charge in [0, 0.05) is 24.2 Å². The van der Waals surface area contributed by atoms with Crippen LogP contribution in [0.5, 0.6) is 0 Å². The molecule has 0 aromatic heterocycles. The molecule has 0 saturated heterocycles. The zero-order chi connectivity index (χ0) is 12.5. The topological polar surface area (TPSA) is 12.0 Å². The number of hydrogen-bond donors (Lipinski definition) is 1. The molecule has 1 unspecified atom stereocenters. The third-order valence-electron chi connectivity index (χ3n) is 3.82. The Morgan fingerprint density at radius 3 is 2.59 bits per heavy atom. The molecule has 1 aliphatic carbocycles. The summed E-state index contributed by atoms with van der Waals surface area (Å²) in [4.78, 5) is 0. The number of benzene rings is 1. The van der Waals surface area contributed by atoms with E-state index in [2.05, 4.69) is 12.2 Å². The number of nitrogens with one attached hydrogen (secondary N) is 1. The highest BCUT2D eigenvalue weighted by molar-refractivity contribution is 5.21. The molecule has 3 heteroatoms. The van der Waals surface area contributed by atoms with Gasteiger partial charge < -0.3 is 5.32 Å². The minimum atomic E-state index is -0.524. The molecule has 0 spiro atoms. The van der Waals surface area contributed by atoms with Crippen LogP contribution in [0, 0.1) is 17.0 Å². The highest BCUT2D eigenvalue weighted by Gasteiger charge is 2.31. The van der Waals surface area contributed by atoms with Crippen LogP contribution >= 0.6 is 0 Å². The first-order chi connectivity index (χ1) is 8.00. The molecule has 1 nitrogen and oxygen atoms in total. The summed E-state index contributed by atoms with van der Waals surface area (Å²) in [6.45, 7) is 5.06. The van der Waals surface area contributed by atoms with E-state index in [0.29, 0.717) is 11.0 Å². The predicted octanol–water partition coefficient (Wildman–Crippen LogP) is 3.81. The van der Waals surface area contributed by atoms with Gasteiger partial charge in [0.2, 0.25) is 0 Å². The Morgan fingerprint density at radius 2 is 2.06 bits per heavy atom. The minimum absolute atomic E-state index is 0.0759. The van der Waals surface area contributed by atoms with Gasteiger partial charge in [0.15, 0.2) is 0 Å². The van der Waals surface area contributed by atoms with Crippen molar-refractivity contribution in [3.8, 4) is 0 Å².